The molecule has 0 spiro atoms. The van der Waals surface area contributed by atoms with Crippen molar-refractivity contribution in [2.45, 2.75) is 45.2 Å². The Hall–Kier alpha value is -1.72. The summed E-state index contributed by atoms with van der Waals surface area (Å²) < 4.78 is 0. The lowest BCUT2D eigenvalue weighted by molar-refractivity contribution is -0.133. The summed E-state index contributed by atoms with van der Waals surface area (Å²) in [4.78, 5) is 22.6. The van der Waals surface area contributed by atoms with Gasteiger partial charge in [-0.2, -0.15) is 0 Å². The molecule has 5 heteroatoms. The second-order valence-corrected chi connectivity index (χ2v) is 7.84. The molecule has 0 aliphatic carbocycles. The number of hydrogen-bond acceptors (Lipinski definition) is 4. The average Bonchev–Trinajstić information content (AvgIpc) is 3.05. The Kier molecular flexibility index (Phi) is 6.21. The maximum Gasteiger partial charge on any atom is 0.222 e. The van der Waals surface area contributed by atoms with Gasteiger partial charge in [-0.3, -0.25) is 9.69 Å². The van der Waals surface area contributed by atoms with E-state index in [2.05, 4.69) is 52.2 Å². The van der Waals surface area contributed by atoms with E-state index in [1.54, 1.807) is 11.3 Å². The second kappa shape index (κ2) is 8.59. The number of benzene rings is 1. The molecule has 134 valence electrons. The van der Waals surface area contributed by atoms with Gasteiger partial charge in [-0.25, -0.2) is 4.98 Å². The molecule has 0 unspecified atom stereocenters. The summed E-state index contributed by atoms with van der Waals surface area (Å²) >= 11 is 1.65. The maximum atomic E-state index is 12.6. The fourth-order valence-electron chi connectivity index (χ4n) is 3.49. The molecule has 2 aromatic rings. The van der Waals surface area contributed by atoms with E-state index in [9.17, 15) is 4.79 Å². The molecule has 1 amide bonds. The lowest BCUT2D eigenvalue weighted by Crippen LogP contribution is -2.48. The van der Waals surface area contributed by atoms with Gasteiger partial charge < -0.3 is 4.90 Å². The average molecular weight is 358 g/mol. The van der Waals surface area contributed by atoms with Gasteiger partial charge >= 0.3 is 0 Å². The number of thiazole rings is 1. The van der Waals surface area contributed by atoms with Gasteiger partial charge in [0.2, 0.25) is 5.91 Å². The van der Waals surface area contributed by atoms with Crippen LogP contribution >= 0.6 is 11.3 Å². The van der Waals surface area contributed by atoms with Crippen LogP contribution in [0, 0.1) is 6.92 Å². The molecule has 0 radical (unpaired) electrons. The van der Waals surface area contributed by atoms with Crippen LogP contribution in [0.15, 0.2) is 35.8 Å². The number of rotatable bonds is 6. The number of carbonyl (C=O) groups is 1. The summed E-state index contributed by atoms with van der Waals surface area (Å²) in [6.45, 7) is 4.71. The molecule has 1 aromatic heterocycles. The van der Waals surface area contributed by atoms with E-state index >= 15 is 0 Å². The van der Waals surface area contributed by atoms with Gasteiger partial charge in [0.05, 0.1) is 11.2 Å². The Morgan fingerprint density at radius 1 is 1.36 bits per heavy atom. The number of likely N-dealkylation sites (tertiary alicyclic amines) is 1. The number of nitrogens with zero attached hydrogens (tertiary/aromatic N) is 3. The molecule has 0 saturated carbocycles. The summed E-state index contributed by atoms with van der Waals surface area (Å²) in [5.74, 6) is 0.283. The highest BCUT2D eigenvalue weighted by Crippen LogP contribution is 2.19. The topological polar surface area (TPSA) is 36.4 Å². The van der Waals surface area contributed by atoms with Crippen LogP contribution < -0.4 is 0 Å². The summed E-state index contributed by atoms with van der Waals surface area (Å²) in [7, 11) is 2.17. The molecule has 2 heterocycles. The van der Waals surface area contributed by atoms with Gasteiger partial charge in [-0.05, 0) is 38.8 Å². The third kappa shape index (κ3) is 4.89. The first-order valence-corrected chi connectivity index (χ1v) is 9.92. The molecule has 0 N–H and O–H groups in total. The molecular formula is C20H27N3OS. The highest BCUT2D eigenvalue weighted by atomic mass is 32.1. The molecular weight excluding hydrogens is 330 g/mol. The molecule has 1 aliphatic rings. The largest absolute Gasteiger partial charge is 0.341 e. The SMILES string of the molecule is Cc1ncsc1CCC(=O)N1CCC[C@@H](N(C)Cc2ccccc2)C1. The van der Waals surface area contributed by atoms with Gasteiger partial charge in [-0.1, -0.05) is 30.3 Å². The molecule has 1 atom stereocenters. The number of likely N-dealkylation sites (N-methyl/N-ethyl adjacent to an activating group) is 1. The minimum absolute atomic E-state index is 0.283. The third-order valence-corrected chi connectivity index (χ3v) is 6.05. The lowest BCUT2D eigenvalue weighted by atomic mass is 10.0. The smallest absolute Gasteiger partial charge is 0.222 e. The van der Waals surface area contributed by atoms with Gasteiger partial charge in [0.25, 0.3) is 0 Å². The van der Waals surface area contributed by atoms with Gasteiger partial charge in [0.1, 0.15) is 0 Å². The number of carbonyl (C=O) groups excluding carboxylic acids is 1. The first-order valence-electron chi connectivity index (χ1n) is 9.04. The zero-order valence-electron chi connectivity index (χ0n) is 15.1. The number of aromatic nitrogens is 1. The van der Waals surface area contributed by atoms with Crippen LogP contribution in [0.1, 0.15) is 35.4 Å². The quantitative estimate of drug-likeness (QED) is 0.794. The molecule has 4 nitrogen and oxygen atoms in total. The lowest BCUT2D eigenvalue weighted by Gasteiger charge is -2.37. The van der Waals surface area contributed by atoms with Crippen LogP contribution in [-0.2, 0) is 17.8 Å². The van der Waals surface area contributed by atoms with Crippen molar-refractivity contribution in [3.8, 4) is 0 Å². The molecule has 1 aromatic carbocycles. The minimum atomic E-state index is 0.283. The molecule has 1 fully saturated rings. The van der Waals surface area contributed by atoms with Crippen molar-refractivity contribution in [1.82, 2.24) is 14.8 Å². The van der Waals surface area contributed by atoms with Crippen molar-refractivity contribution < 1.29 is 4.79 Å². The van der Waals surface area contributed by atoms with Crippen molar-refractivity contribution in [1.29, 1.82) is 0 Å². The van der Waals surface area contributed by atoms with Gasteiger partial charge in [0.15, 0.2) is 0 Å². The maximum absolute atomic E-state index is 12.6. The van der Waals surface area contributed by atoms with Crippen LogP contribution in [0.2, 0.25) is 0 Å². The van der Waals surface area contributed by atoms with E-state index in [0.29, 0.717) is 12.5 Å². The van der Waals surface area contributed by atoms with Crippen molar-refractivity contribution >= 4 is 17.2 Å². The molecule has 25 heavy (non-hydrogen) atoms. The van der Waals surface area contributed by atoms with E-state index < -0.39 is 0 Å². The van der Waals surface area contributed by atoms with Crippen LogP contribution in [0.5, 0.6) is 0 Å². The summed E-state index contributed by atoms with van der Waals surface area (Å²) in [6, 6.07) is 11.0. The first kappa shape index (κ1) is 18.1. The Balaban J connectivity index is 1.51. The summed E-state index contributed by atoms with van der Waals surface area (Å²) in [5, 5.41) is 0. The van der Waals surface area contributed by atoms with E-state index in [4.69, 9.17) is 0 Å². The van der Waals surface area contributed by atoms with Crippen molar-refractivity contribution in [3.05, 3.63) is 52.0 Å². The van der Waals surface area contributed by atoms with Crippen LogP contribution in [0.4, 0.5) is 0 Å². The number of amides is 1. The normalized spacial score (nSPS) is 17.9. The molecule has 0 bridgehead atoms. The minimum Gasteiger partial charge on any atom is -0.341 e. The van der Waals surface area contributed by atoms with Crippen LogP contribution in [0.3, 0.4) is 0 Å². The predicted octanol–water partition coefficient (Wildman–Crippen LogP) is 3.51. The Labute approximate surface area is 154 Å². The van der Waals surface area contributed by atoms with Crippen molar-refractivity contribution in [3.63, 3.8) is 0 Å². The summed E-state index contributed by atoms with van der Waals surface area (Å²) in [6.07, 6.45) is 3.67. The Morgan fingerprint density at radius 2 is 2.16 bits per heavy atom. The number of piperidine rings is 1. The zero-order chi connectivity index (χ0) is 17.6. The first-order chi connectivity index (χ1) is 12.1. The second-order valence-electron chi connectivity index (χ2n) is 6.90. The fourth-order valence-corrected chi connectivity index (χ4v) is 4.27. The van der Waals surface area contributed by atoms with Crippen LogP contribution in [0.25, 0.3) is 0 Å². The van der Waals surface area contributed by atoms with E-state index in [1.807, 2.05) is 12.4 Å². The standard InChI is InChI=1S/C20H27N3OS/c1-16-19(25-15-21-16)10-11-20(24)23-12-6-9-18(14-23)22(2)13-17-7-4-3-5-8-17/h3-5,7-8,15,18H,6,9-14H2,1-2H3/t18-/m1/s1. The predicted molar refractivity (Wildman–Crippen MR) is 103 cm³/mol. The molecule has 3 rings (SSSR count). The molecule has 1 saturated heterocycles. The van der Waals surface area contributed by atoms with E-state index in [-0.39, 0.29) is 5.91 Å². The number of aryl methyl sites for hydroxylation is 2. The van der Waals surface area contributed by atoms with E-state index in [0.717, 1.165) is 38.2 Å². The van der Waals surface area contributed by atoms with Crippen molar-refractivity contribution in [2.24, 2.45) is 0 Å². The van der Waals surface area contributed by atoms with Gasteiger partial charge in [0, 0.05) is 37.0 Å². The Bertz CT molecular complexity index is 685. The molecule has 1 aliphatic heterocycles. The summed E-state index contributed by atoms with van der Waals surface area (Å²) in [5.41, 5.74) is 4.26. The zero-order valence-corrected chi connectivity index (χ0v) is 16.0. The highest BCUT2D eigenvalue weighted by Gasteiger charge is 2.26. The van der Waals surface area contributed by atoms with Gasteiger partial charge in [-0.15, -0.1) is 11.3 Å². The fraction of sp³-hybridized carbons (Fsp3) is 0.500. The van der Waals surface area contributed by atoms with Crippen molar-refractivity contribution in [2.75, 3.05) is 20.1 Å². The highest BCUT2D eigenvalue weighted by molar-refractivity contribution is 7.09. The van der Waals surface area contributed by atoms with E-state index in [1.165, 1.54) is 16.9 Å². The number of hydrogen-bond donors (Lipinski definition) is 0. The Morgan fingerprint density at radius 3 is 2.88 bits per heavy atom. The van der Waals surface area contributed by atoms with Crippen LogP contribution in [-0.4, -0.2) is 46.9 Å². The third-order valence-electron chi connectivity index (χ3n) is 5.06. The monoisotopic (exact) mass is 357 g/mol.